The van der Waals surface area contributed by atoms with Crippen molar-refractivity contribution >= 4 is 11.4 Å². The van der Waals surface area contributed by atoms with Gasteiger partial charge in [-0.3, -0.25) is 0 Å². The highest BCUT2D eigenvalue weighted by Crippen LogP contribution is 2.18. The van der Waals surface area contributed by atoms with Gasteiger partial charge >= 0.3 is 0 Å². The molecule has 84 valence electrons. The van der Waals surface area contributed by atoms with Crippen molar-refractivity contribution < 1.29 is 5.11 Å². The molecule has 0 aliphatic heterocycles. The molecular formula is C12H20N2O. The molecule has 1 aromatic carbocycles. The zero-order valence-electron chi connectivity index (χ0n) is 9.77. The normalized spacial score (nSPS) is 10.1. The topological polar surface area (TPSA) is 26.7 Å². The van der Waals surface area contributed by atoms with E-state index in [0.29, 0.717) is 0 Å². The van der Waals surface area contributed by atoms with Gasteiger partial charge in [0, 0.05) is 45.7 Å². The van der Waals surface area contributed by atoms with E-state index >= 15 is 0 Å². The predicted octanol–water partition coefficient (Wildman–Crippen LogP) is 1.57. The average Bonchev–Trinajstić information content (AvgIpc) is 2.26. The summed E-state index contributed by atoms with van der Waals surface area (Å²) in [4.78, 5) is 4.23. The van der Waals surface area contributed by atoms with Crippen LogP contribution >= 0.6 is 0 Å². The van der Waals surface area contributed by atoms with Gasteiger partial charge in [0.2, 0.25) is 0 Å². The Morgan fingerprint density at radius 3 is 2.00 bits per heavy atom. The average molecular weight is 208 g/mol. The maximum atomic E-state index is 8.75. The van der Waals surface area contributed by atoms with Gasteiger partial charge in [0.15, 0.2) is 0 Å². The fourth-order valence-corrected chi connectivity index (χ4v) is 1.44. The standard InChI is InChI=1S/C12H20N2O/c1-13(2)11-5-7-12(8-6-11)14(3)9-4-10-15/h5-8,15H,4,9-10H2,1-3H3. The van der Waals surface area contributed by atoms with Crippen molar-refractivity contribution in [1.29, 1.82) is 0 Å². The van der Waals surface area contributed by atoms with E-state index in [9.17, 15) is 0 Å². The maximum Gasteiger partial charge on any atom is 0.0447 e. The molecule has 0 heterocycles. The summed E-state index contributed by atoms with van der Waals surface area (Å²) in [6.07, 6.45) is 0.811. The lowest BCUT2D eigenvalue weighted by Gasteiger charge is -2.20. The lowest BCUT2D eigenvalue weighted by Crippen LogP contribution is -2.19. The highest BCUT2D eigenvalue weighted by molar-refractivity contribution is 5.55. The van der Waals surface area contributed by atoms with Gasteiger partial charge in [-0.1, -0.05) is 0 Å². The zero-order valence-corrected chi connectivity index (χ0v) is 9.77. The fraction of sp³-hybridized carbons (Fsp3) is 0.500. The third-order valence-electron chi connectivity index (χ3n) is 2.46. The molecule has 1 N–H and O–H groups in total. The predicted molar refractivity (Wildman–Crippen MR) is 65.7 cm³/mol. The van der Waals surface area contributed by atoms with Crippen LogP contribution < -0.4 is 9.80 Å². The van der Waals surface area contributed by atoms with E-state index in [1.54, 1.807) is 0 Å². The summed E-state index contributed by atoms with van der Waals surface area (Å²) in [7, 11) is 6.11. The first-order valence-corrected chi connectivity index (χ1v) is 5.24. The molecule has 15 heavy (non-hydrogen) atoms. The van der Waals surface area contributed by atoms with Crippen molar-refractivity contribution in [3.8, 4) is 0 Å². The van der Waals surface area contributed by atoms with Crippen molar-refractivity contribution in [1.82, 2.24) is 0 Å². The van der Waals surface area contributed by atoms with E-state index < -0.39 is 0 Å². The van der Waals surface area contributed by atoms with Crippen LogP contribution in [0.2, 0.25) is 0 Å². The molecule has 0 saturated carbocycles. The lowest BCUT2D eigenvalue weighted by atomic mass is 10.2. The second-order valence-electron chi connectivity index (χ2n) is 3.91. The third-order valence-corrected chi connectivity index (χ3v) is 2.46. The van der Waals surface area contributed by atoms with Gasteiger partial charge in [-0.05, 0) is 30.7 Å². The second kappa shape index (κ2) is 5.61. The largest absolute Gasteiger partial charge is 0.396 e. The van der Waals surface area contributed by atoms with Crippen LogP contribution in [0.1, 0.15) is 6.42 Å². The second-order valence-corrected chi connectivity index (χ2v) is 3.91. The molecule has 0 unspecified atom stereocenters. The minimum atomic E-state index is 0.250. The Balaban J connectivity index is 2.62. The van der Waals surface area contributed by atoms with Crippen molar-refractivity contribution in [3.63, 3.8) is 0 Å². The van der Waals surface area contributed by atoms with Crippen molar-refractivity contribution in [2.24, 2.45) is 0 Å². The minimum absolute atomic E-state index is 0.250. The molecule has 0 radical (unpaired) electrons. The number of aliphatic hydroxyl groups is 1. The highest BCUT2D eigenvalue weighted by Gasteiger charge is 2.00. The van der Waals surface area contributed by atoms with Gasteiger partial charge in [-0.25, -0.2) is 0 Å². The lowest BCUT2D eigenvalue weighted by molar-refractivity contribution is 0.290. The maximum absolute atomic E-state index is 8.75. The Morgan fingerprint density at radius 2 is 1.53 bits per heavy atom. The molecule has 0 aliphatic rings. The summed E-state index contributed by atoms with van der Waals surface area (Å²) in [6, 6.07) is 8.41. The van der Waals surface area contributed by atoms with E-state index in [2.05, 4.69) is 34.1 Å². The Kier molecular flexibility index (Phi) is 4.43. The Labute approximate surface area is 91.9 Å². The first-order valence-electron chi connectivity index (χ1n) is 5.24. The molecule has 0 aromatic heterocycles. The molecule has 0 bridgehead atoms. The summed E-state index contributed by atoms with van der Waals surface area (Å²) in [6.45, 7) is 1.14. The van der Waals surface area contributed by atoms with Gasteiger partial charge < -0.3 is 14.9 Å². The quantitative estimate of drug-likeness (QED) is 0.795. The summed E-state index contributed by atoms with van der Waals surface area (Å²) in [5, 5.41) is 8.75. The zero-order chi connectivity index (χ0) is 11.3. The molecule has 1 aromatic rings. The summed E-state index contributed by atoms with van der Waals surface area (Å²) >= 11 is 0. The van der Waals surface area contributed by atoms with Crippen LogP contribution in [0.4, 0.5) is 11.4 Å². The fourth-order valence-electron chi connectivity index (χ4n) is 1.44. The molecule has 0 spiro atoms. The van der Waals surface area contributed by atoms with Gasteiger partial charge in [-0.2, -0.15) is 0 Å². The number of aliphatic hydroxyl groups excluding tert-OH is 1. The molecule has 0 saturated heterocycles. The summed E-state index contributed by atoms with van der Waals surface area (Å²) in [5.74, 6) is 0. The van der Waals surface area contributed by atoms with Crippen molar-refractivity contribution in [2.45, 2.75) is 6.42 Å². The number of anilines is 2. The molecule has 3 nitrogen and oxygen atoms in total. The Bertz CT molecular complexity index is 282. The molecular weight excluding hydrogens is 188 g/mol. The van der Waals surface area contributed by atoms with Crippen LogP contribution in [0.3, 0.4) is 0 Å². The Morgan fingerprint density at radius 1 is 1.00 bits per heavy atom. The molecule has 0 atom stereocenters. The van der Waals surface area contributed by atoms with Crippen LogP contribution in [0, 0.1) is 0 Å². The van der Waals surface area contributed by atoms with Crippen LogP contribution in [0.15, 0.2) is 24.3 Å². The van der Waals surface area contributed by atoms with Gasteiger partial charge in [0.1, 0.15) is 0 Å². The van der Waals surface area contributed by atoms with Gasteiger partial charge in [0.25, 0.3) is 0 Å². The number of benzene rings is 1. The molecule has 1 rings (SSSR count). The molecule has 0 aliphatic carbocycles. The van der Waals surface area contributed by atoms with Crippen LogP contribution in [-0.4, -0.2) is 39.4 Å². The highest BCUT2D eigenvalue weighted by atomic mass is 16.3. The van der Waals surface area contributed by atoms with E-state index in [1.807, 2.05) is 21.1 Å². The van der Waals surface area contributed by atoms with Gasteiger partial charge in [-0.15, -0.1) is 0 Å². The smallest absolute Gasteiger partial charge is 0.0447 e. The van der Waals surface area contributed by atoms with Crippen LogP contribution in [-0.2, 0) is 0 Å². The third kappa shape index (κ3) is 3.44. The number of hydrogen-bond donors (Lipinski definition) is 1. The molecule has 0 amide bonds. The van der Waals surface area contributed by atoms with Gasteiger partial charge in [0.05, 0.1) is 0 Å². The van der Waals surface area contributed by atoms with E-state index in [4.69, 9.17) is 5.11 Å². The van der Waals surface area contributed by atoms with E-state index in [0.717, 1.165) is 13.0 Å². The molecule has 3 heteroatoms. The van der Waals surface area contributed by atoms with Crippen molar-refractivity contribution in [3.05, 3.63) is 24.3 Å². The summed E-state index contributed by atoms with van der Waals surface area (Å²) in [5.41, 5.74) is 2.39. The monoisotopic (exact) mass is 208 g/mol. The SMILES string of the molecule is CN(C)c1ccc(N(C)CCCO)cc1. The number of hydrogen-bond acceptors (Lipinski definition) is 3. The number of rotatable bonds is 5. The first-order chi connectivity index (χ1) is 7.15. The number of nitrogens with zero attached hydrogens (tertiary/aromatic N) is 2. The van der Waals surface area contributed by atoms with Crippen LogP contribution in [0.25, 0.3) is 0 Å². The Hall–Kier alpha value is -1.22. The van der Waals surface area contributed by atoms with E-state index in [-0.39, 0.29) is 6.61 Å². The van der Waals surface area contributed by atoms with Crippen molar-refractivity contribution in [2.75, 3.05) is 44.1 Å². The first kappa shape index (κ1) is 11.9. The summed E-state index contributed by atoms with van der Waals surface area (Å²) < 4.78 is 0. The van der Waals surface area contributed by atoms with Crippen LogP contribution in [0.5, 0.6) is 0 Å². The minimum Gasteiger partial charge on any atom is -0.396 e. The van der Waals surface area contributed by atoms with E-state index in [1.165, 1.54) is 11.4 Å². The molecule has 0 fully saturated rings.